The van der Waals surface area contributed by atoms with Gasteiger partial charge in [-0.3, -0.25) is 4.72 Å². The number of aryl methyl sites for hydroxylation is 2. The Hall–Kier alpha value is -3.39. The van der Waals surface area contributed by atoms with Crippen LogP contribution in [0, 0.1) is 5.82 Å². The van der Waals surface area contributed by atoms with Gasteiger partial charge in [0.05, 0.1) is 17.5 Å². The van der Waals surface area contributed by atoms with Crippen molar-refractivity contribution < 1.29 is 22.7 Å². The number of hydrogen-bond donors (Lipinski definition) is 3. The van der Waals surface area contributed by atoms with Crippen molar-refractivity contribution >= 4 is 33.1 Å². The van der Waals surface area contributed by atoms with Gasteiger partial charge in [-0.05, 0) is 72.5 Å². The van der Waals surface area contributed by atoms with Crippen molar-refractivity contribution in [3.63, 3.8) is 0 Å². The van der Waals surface area contributed by atoms with Crippen molar-refractivity contribution in [3.8, 4) is 0 Å². The van der Waals surface area contributed by atoms with E-state index in [1.165, 1.54) is 30.3 Å². The third-order valence-electron chi connectivity index (χ3n) is 4.37. The van der Waals surface area contributed by atoms with Gasteiger partial charge >= 0.3 is 5.97 Å². The van der Waals surface area contributed by atoms with E-state index in [-0.39, 0.29) is 11.4 Å². The first-order chi connectivity index (χ1) is 14.2. The summed E-state index contributed by atoms with van der Waals surface area (Å²) in [6.45, 7) is 0. The number of carbonyl (C=O) groups is 1. The number of benzene rings is 3. The minimum atomic E-state index is -3.35. The molecule has 0 aliphatic rings. The Morgan fingerprint density at radius 1 is 0.933 bits per heavy atom. The molecule has 3 aromatic carbocycles. The first-order valence-electron chi connectivity index (χ1n) is 9.15. The average molecular weight is 428 g/mol. The SMILES string of the molecule is CS(=O)(=O)Nc1cccc(CCc2ccc(C(=O)O)c(Nc3ccc(F)cc3)c2)c1. The highest BCUT2D eigenvalue weighted by Crippen LogP contribution is 2.24. The van der Waals surface area contributed by atoms with Gasteiger partial charge in [-0.15, -0.1) is 0 Å². The van der Waals surface area contributed by atoms with Crippen LogP contribution in [0.1, 0.15) is 21.5 Å². The quantitative estimate of drug-likeness (QED) is 0.494. The molecule has 8 heteroatoms. The summed E-state index contributed by atoms with van der Waals surface area (Å²) in [5.74, 6) is -1.44. The molecule has 0 spiro atoms. The van der Waals surface area contributed by atoms with Gasteiger partial charge in [-0.25, -0.2) is 17.6 Å². The zero-order valence-corrected chi connectivity index (χ0v) is 17.0. The standard InChI is InChI=1S/C22H21FN2O4S/c1-30(28,29)25-19-4-2-3-15(13-19)5-6-16-7-12-20(22(26)27)21(14-16)24-18-10-8-17(23)9-11-18/h2-4,7-14,24-25H,5-6H2,1H3,(H,26,27). The highest BCUT2D eigenvalue weighted by atomic mass is 32.2. The number of rotatable bonds is 8. The van der Waals surface area contributed by atoms with Gasteiger partial charge in [0.25, 0.3) is 0 Å². The van der Waals surface area contributed by atoms with Crippen molar-refractivity contribution in [3.05, 3.63) is 89.2 Å². The number of sulfonamides is 1. The molecule has 0 aliphatic carbocycles. The van der Waals surface area contributed by atoms with E-state index in [1.807, 2.05) is 6.07 Å². The Labute approximate surface area is 174 Å². The van der Waals surface area contributed by atoms with Crippen molar-refractivity contribution in [2.24, 2.45) is 0 Å². The lowest BCUT2D eigenvalue weighted by atomic mass is 10.0. The predicted octanol–water partition coefficient (Wildman–Crippen LogP) is 4.42. The second-order valence-electron chi connectivity index (χ2n) is 6.89. The first kappa shape index (κ1) is 21.3. The summed E-state index contributed by atoms with van der Waals surface area (Å²) in [5, 5.41) is 12.5. The van der Waals surface area contributed by atoms with Crippen molar-refractivity contribution in [1.82, 2.24) is 0 Å². The number of carboxylic acids is 1. The molecule has 0 atom stereocenters. The fourth-order valence-corrected chi connectivity index (χ4v) is 3.57. The molecular formula is C22H21FN2O4S. The number of nitrogens with one attached hydrogen (secondary N) is 2. The summed E-state index contributed by atoms with van der Waals surface area (Å²) < 4.78 is 38.4. The zero-order valence-electron chi connectivity index (χ0n) is 16.2. The smallest absolute Gasteiger partial charge is 0.337 e. The average Bonchev–Trinajstić information content (AvgIpc) is 2.67. The molecule has 0 saturated carbocycles. The van der Waals surface area contributed by atoms with Gasteiger partial charge in [0, 0.05) is 11.4 Å². The molecular weight excluding hydrogens is 407 g/mol. The number of halogens is 1. The Balaban J connectivity index is 1.77. The van der Waals surface area contributed by atoms with Crippen LogP contribution in [0.2, 0.25) is 0 Å². The van der Waals surface area contributed by atoms with E-state index in [4.69, 9.17) is 0 Å². The lowest BCUT2D eigenvalue weighted by Gasteiger charge is -2.12. The van der Waals surface area contributed by atoms with Crippen LogP contribution in [0.5, 0.6) is 0 Å². The predicted molar refractivity (Wildman–Crippen MR) is 115 cm³/mol. The third-order valence-corrected chi connectivity index (χ3v) is 4.98. The molecule has 6 nitrogen and oxygen atoms in total. The van der Waals surface area contributed by atoms with E-state index in [0.29, 0.717) is 29.9 Å². The molecule has 0 fully saturated rings. The summed E-state index contributed by atoms with van der Waals surface area (Å²) in [4.78, 5) is 11.6. The maximum absolute atomic E-state index is 13.1. The molecule has 0 bridgehead atoms. The van der Waals surface area contributed by atoms with Gasteiger partial charge in [0.1, 0.15) is 5.82 Å². The number of carboxylic acid groups (broad SMARTS) is 1. The molecule has 0 amide bonds. The Bertz CT molecular complexity index is 1160. The van der Waals surface area contributed by atoms with E-state index in [9.17, 15) is 22.7 Å². The third kappa shape index (κ3) is 6.05. The van der Waals surface area contributed by atoms with E-state index in [2.05, 4.69) is 10.0 Å². The Morgan fingerprint density at radius 2 is 1.60 bits per heavy atom. The van der Waals surface area contributed by atoms with E-state index in [1.54, 1.807) is 30.3 Å². The minimum absolute atomic E-state index is 0.113. The lowest BCUT2D eigenvalue weighted by Crippen LogP contribution is -2.09. The van der Waals surface area contributed by atoms with Crippen molar-refractivity contribution in [1.29, 1.82) is 0 Å². The summed E-state index contributed by atoms with van der Waals surface area (Å²) in [5.41, 5.74) is 3.46. The van der Waals surface area contributed by atoms with Crippen molar-refractivity contribution in [2.75, 3.05) is 16.3 Å². The molecule has 156 valence electrons. The maximum Gasteiger partial charge on any atom is 0.337 e. The largest absolute Gasteiger partial charge is 0.478 e. The summed E-state index contributed by atoms with van der Waals surface area (Å²) in [6.07, 6.45) is 2.36. The second-order valence-corrected chi connectivity index (χ2v) is 8.64. The van der Waals surface area contributed by atoms with Gasteiger partial charge in [-0.1, -0.05) is 18.2 Å². The molecule has 0 unspecified atom stereocenters. The number of anilines is 3. The highest BCUT2D eigenvalue weighted by Gasteiger charge is 2.12. The first-order valence-corrected chi connectivity index (χ1v) is 11.0. The van der Waals surface area contributed by atoms with Gasteiger partial charge in [0.15, 0.2) is 0 Å². The topological polar surface area (TPSA) is 95.5 Å². The Morgan fingerprint density at radius 3 is 2.23 bits per heavy atom. The van der Waals surface area contributed by atoms with Crippen LogP contribution < -0.4 is 10.0 Å². The molecule has 0 heterocycles. The molecule has 0 aliphatic heterocycles. The van der Waals surface area contributed by atoms with Crippen LogP contribution in [0.3, 0.4) is 0 Å². The molecule has 0 aromatic heterocycles. The van der Waals surface area contributed by atoms with Gasteiger partial charge in [0.2, 0.25) is 10.0 Å². The molecule has 3 N–H and O–H groups in total. The van der Waals surface area contributed by atoms with Crippen LogP contribution in [0.15, 0.2) is 66.7 Å². The van der Waals surface area contributed by atoms with Gasteiger partial charge in [-0.2, -0.15) is 0 Å². The van der Waals surface area contributed by atoms with E-state index >= 15 is 0 Å². The van der Waals surface area contributed by atoms with E-state index in [0.717, 1.165) is 17.4 Å². The lowest BCUT2D eigenvalue weighted by molar-refractivity contribution is 0.0698. The highest BCUT2D eigenvalue weighted by molar-refractivity contribution is 7.92. The van der Waals surface area contributed by atoms with Crippen LogP contribution in [0.4, 0.5) is 21.5 Å². The molecule has 0 radical (unpaired) electrons. The van der Waals surface area contributed by atoms with Crippen LogP contribution in [-0.2, 0) is 22.9 Å². The normalized spacial score (nSPS) is 11.1. The second kappa shape index (κ2) is 8.96. The monoisotopic (exact) mass is 428 g/mol. The maximum atomic E-state index is 13.1. The number of hydrogen-bond acceptors (Lipinski definition) is 4. The molecule has 30 heavy (non-hydrogen) atoms. The fourth-order valence-electron chi connectivity index (χ4n) is 3.02. The van der Waals surface area contributed by atoms with Gasteiger partial charge < -0.3 is 10.4 Å². The summed E-state index contributed by atoms with van der Waals surface area (Å²) in [7, 11) is -3.35. The number of aromatic carboxylic acids is 1. The van der Waals surface area contributed by atoms with E-state index < -0.39 is 16.0 Å². The Kier molecular flexibility index (Phi) is 6.37. The molecule has 3 aromatic rings. The fraction of sp³-hybridized carbons (Fsp3) is 0.136. The zero-order chi connectivity index (χ0) is 21.7. The van der Waals surface area contributed by atoms with Crippen LogP contribution in [0.25, 0.3) is 0 Å². The van der Waals surface area contributed by atoms with Crippen molar-refractivity contribution in [2.45, 2.75) is 12.8 Å². The van der Waals surface area contributed by atoms with Crippen LogP contribution >= 0.6 is 0 Å². The summed E-state index contributed by atoms with van der Waals surface area (Å²) in [6, 6.07) is 17.8. The molecule has 3 rings (SSSR count). The molecule has 0 saturated heterocycles. The summed E-state index contributed by atoms with van der Waals surface area (Å²) >= 11 is 0. The minimum Gasteiger partial charge on any atom is -0.478 e. The van der Waals surface area contributed by atoms with Crippen LogP contribution in [-0.4, -0.2) is 25.7 Å².